The Hall–Kier alpha value is -2.07. The number of hydrogen-bond acceptors (Lipinski definition) is 3. The summed E-state index contributed by atoms with van der Waals surface area (Å²) in [7, 11) is 0. The summed E-state index contributed by atoms with van der Waals surface area (Å²) in [4.78, 5) is 12.0. The van der Waals surface area contributed by atoms with Crippen LogP contribution in [0.4, 0.5) is 0 Å². The molecule has 4 heteroatoms. The maximum Gasteiger partial charge on any atom is 0.286 e. The maximum atomic E-state index is 12.0. The molecular weight excluding hydrogens is 278 g/mol. The Balaban J connectivity index is 1.65. The van der Waals surface area contributed by atoms with Crippen LogP contribution in [0.2, 0.25) is 0 Å². The molecule has 1 saturated heterocycles. The van der Waals surface area contributed by atoms with Gasteiger partial charge in [-0.15, -0.1) is 0 Å². The van der Waals surface area contributed by atoms with E-state index in [-0.39, 0.29) is 17.9 Å². The predicted molar refractivity (Wildman–Crippen MR) is 83.6 cm³/mol. The van der Waals surface area contributed by atoms with Crippen molar-refractivity contribution < 1.29 is 13.9 Å². The molecular formula is C18H21NO3. The second-order valence-electron chi connectivity index (χ2n) is 5.79. The molecule has 0 radical (unpaired) electrons. The average Bonchev–Trinajstić information content (AvgIpc) is 3.08. The normalized spacial score (nSPS) is 21.5. The van der Waals surface area contributed by atoms with Crippen molar-refractivity contribution in [3.8, 4) is 0 Å². The lowest BCUT2D eigenvalue weighted by Crippen LogP contribution is -2.35. The van der Waals surface area contributed by atoms with Gasteiger partial charge in [-0.1, -0.05) is 29.8 Å². The monoisotopic (exact) mass is 299 g/mol. The summed E-state index contributed by atoms with van der Waals surface area (Å²) in [5.41, 5.74) is 2.42. The molecule has 0 bridgehead atoms. The van der Waals surface area contributed by atoms with Crippen LogP contribution >= 0.6 is 0 Å². The highest BCUT2D eigenvalue weighted by Gasteiger charge is 2.28. The fourth-order valence-electron chi connectivity index (χ4n) is 2.90. The van der Waals surface area contributed by atoms with Crippen molar-refractivity contribution in [2.75, 3.05) is 13.2 Å². The molecule has 22 heavy (non-hydrogen) atoms. The molecule has 3 rings (SSSR count). The first-order valence-corrected chi connectivity index (χ1v) is 7.74. The molecule has 2 atom stereocenters. The smallest absolute Gasteiger partial charge is 0.286 e. The van der Waals surface area contributed by atoms with Crippen LogP contribution in [-0.2, 0) is 4.74 Å². The van der Waals surface area contributed by atoms with Gasteiger partial charge in [-0.3, -0.25) is 4.79 Å². The molecule has 2 aromatic rings. The van der Waals surface area contributed by atoms with Gasteiger partial charge in [0.15, 0.2) is 5.76 Å². The van der Waals surface area contributed by atoms with Crippen LogP contribution in [0.1, 0.15) is 40.6 Å². The van der Waals surface area contributed by atoms with Crippen molar-refractivity contribution in [1.82, 2.24) is 5.32 Å². The van der Waals surface area contributed by atoms with Gasteiger partial charge in [0.05, 0.1) is 12.4 Å². The van der Waals surface area contributed by atoms with Crippen LogP contribution in [0.3, 0.4) is 0 Å². The van der Waals surface area contributed by atoms with Gasteiger partial charge in [0.1, 0.15) is 0 Å². The van der Waals surface area contributed by atoms with Gasteiger partial charge < -0.3 is 14.5 Å². The number of carbonyl (C=O) groups is 1. The van der Waals surface area contributed by atoms with Crippen LogP contribution in [-0.4, -0.2) is 19.1 Å². The van der Waals surface area contributed by atoms with Gasteiger partial charge in [0.2, 0.25) is 0 Å². The first-order valence-electron chi connectivity index (χ1n) is 7.74. The fourth-order valence-corrected chi connectivity index (χ4v) is 2.90. The van der Waals surface area contributed by atoms with E-state index < -0.39 is 0 Å². The first-order chi connectivity index (χ1) is 10.7. The average molecular weight is 299 g/mol. The number of amides is 1. The van der Waals surface area contributed by atoms with Gasteiger partial charge in [-0.05, 0) is 37.5 Å². The summed E-state index contributed by atoms with van der Waals surface area (Å²) in [5.74, 6) is 0.470. The highest BCUT2D eigenvalue weighted by molar-refractivity contribution is 5.91. The van der Waals surface area contributed by atoms with Crippen LogP contribution in [0.15, 0.2) is 47.1 Å². The zero-order chi connectivity index (χ0) is 15.4. The first kappa shape index (κ1) is 14.9. The van der Waals surface area contributed by atoms with E-state index in [4.69, 9.17) is 9.15 Å². The van der Waals surface area contributed by atoms with E-state index >= 15 is 0 Å². The van der Waals surface area contributed by atoms with Crippen LogP contribution in [0, 0.1) is 12.8 Å². The summed E-state index contributed by atoms with van der Waals surface area (Å²) in [6, 6.07) is 11.8. The van der Waals surface area contributed by atoms with Crippen molar-refractivity contribution in [3.63, 3.8) is 0 Å². The van der Waals surface area contributed by atoms with Gasteiger partial charge in [-0.2, -0.15) is 0 Å². The Bertz CT molecular complexity index is 604. The molecule has 0 spiro atoms. The second kappa shape index (κ2) is 6.79. The molecule has 4 nitrogen and oxygen atoms in total. The maximum absolute atomic E-state index is 12.0. The molecule has 1 aromatic carbocycles. The quantitative estimate of drug-likeness (QED) is 0.940. The summed E-state index contributed by atoms with van der Waals surface area (Å²) in [6.07, 6.45) is 3.64. The molecule has 116 valence electrons. The zero-order valence-corrected chi connectivity index (χ0v) is 12.7. The fraction of sp³-hybridized carbons (Fsp3) is 0.389. The summed E-state index contributed by atoms with van der Waals surface area (Å²) < 4.78 is 11.1. The molecule has 1 amide bonds. The second-order valence-corrected chi connectivity index (χ2v) is 5.79. The van der Waals surface area contributed by atoms with E-state index in [0.29, 0.717) is 12.3 Å². The van der Waals surface area contributed by atoms with Gasteiger partial charge in [-0.25, -0.2) is 0 Å². The van der Waals surface area contributed by atoms with E-state index in [1.54, 1.807) is 12.1 Å². The summed E-state index contributed by atoms with van der Waals surface area (Å²) in [6.45, 7) is 3.45. The minimum Gasteiger partial charge on any atom is -0.459 e. The largest absolute Gasteiger partial charge is 0.459 e. The van der Waals surface area contributed by atoms with E-state index in [1.165, 1.54) is 17.4 Å². The molecule has 0 aliphatic carbocycles. The van der Waals surface area contributed by atoms with E-state index in [2.05, 4.69) is 36.5 Å². The molecule has 1 fully saturated rings. The van der Waals surface area contributed by atoms with Crippen LogP contribution < -0.4 is 5.32 Å². The molecule has 1 aliphatic heterocycles. The molecule has 0 unspecified atom stereocenters. The van der Waals surface area contributed by atoms with Gasteiger partial charge >= 0.3 is 0 Å². The minimum atomic E-state index is -0.168. The SMILES string of the molecule is Cc1ccc([C@H]2OCCC[C@H]2CNC(=O)c2ccco2)cc1. The molecule has 0 saturated carbocycles. The van der Waals surface area contributed by atoms with Crippen LogP contribution in [0.25, 0.3) is 0 Å². The number of furan rings is 1. The molecule has 1 N–H and O–H groups in total. The topological polar surface area (TPSA) is 51.5 Å². The Labute approximate surface area is 130 Å². The van der Waals surface area contributed by atoms with E-state index in [9.17, 15) is 4.79 Å². The third-order valence-electron chi connectivity index (χ3n) is 4.12. The minimum absolute atomic E-state index is 0.0475. The van der Waals surface area contributed by atoms with Crippen molar-refractivity contribution in [2.45, 2.75) is 25.9 Å². The Morgan fingerprint density at radius 2 is 2.09 bits per heavy atom. The standard InChI is InChI=1S/C18H21NO3/c1-13-6-8-14(9-7-13)17-15(4-2-11-22-17)12-19-18(20)16-5-3-10-21-16/h3,5-10,15,17H,2,4,11-12H2,1H3,(H,19,20)/t15-,17+/m0/s1. The third-order valence-corrected chi connectivity index (χ3v) is 4.12. The number of rotatable bonds is 4. The highest BCUT2D eigenvalue weighted by atomic mass is 16.5. The van der Waals surface area contributed by atoms with E-state index in [1.807, 2.05) is 0 Å². The molecule has 2 heterocycles. The summed E-state index contributed by atoms with van der Waals surface area (Å²) in [5, 5.41) is 2.95. The van der Waals surface area contributed by atoms with Crippen molar-refractivity contribution in [3.05, 3.63) is 59.5 Å². The third kappa shape index (κ3) is 3.39. The predicted octanol–water partition coefficient (Wildman–Crippen LogP) is 3.49. The van der Waals surface area contributed by atoms with Crippen molar-refractivity contribution in [1.29, 1.82) is 0 Å². The highest BCUT2D eigenvalue weighted by Crippen LogP contribution is 2.33. The number of aryl methyl sites for hydroxylation is 1. The number of hydrogen-bond donors (Lipinski definition) is 1. The number of benzene rings is 1. The van der Waals surface area contributed by atoms with Crippen LogP contribution in [0.5, 0.6) is 0 Å². The zero-order valence-electron chi connectivity index (χ0n) is 12.7. The Morgan fingerprint density at radius 3 is 2.82 bits per heavy atom. The molecule has 1 aromatic heterocycles. The van der Waals surface area contributed by atoms with Crippen molar-refractivity contribution >= 4 is 5.91 Å². The number of nitrogens with one attached hydrogen (secondary N) is 1. The Kier molecular flexibility index (Phi) is 4.59. The number of ether oxygens (including phenoxy) is 1. The van der Waals surface area contributed by atoms with E-state index in [0.717, 1.165) is 19.4 Å². The Morgan fingerprint density at radius 1 is 1.27 bits per heavy atom. The van der Waals surface area contributed by atoms with Gasteiger partial charge in [0, 0.05) is 19.1 Å². The lowest BCUT2D eigenvalue weighted by Gasteiger charge is -2.32. The summed E-state index contributed by atoms with van der Waals surface area (Å²) >= 11 is 0. The van der Waals surface area contributed by atoms with Crippen molar-refractivity contribution in [2.24, 2.45) is 5.92 Å². The lowest BCUT2D eigenvalue weighted by atomic mass is 9.89. The number of carbonyl (C=O) groups excluding carboxylic acids is 1. The van der Waals surface area contributed by atoms with Gasteiger partial charge in [0.25, 0.3) is 5.91 Å². The lowest BCUT2D eigenvalue weighted by molar-refractivity contribution is -0.0273. The molecule has 1 aliphatic rings.